The molecule has 3 atom stereocenters. The average molecular weight is 388 g/mol. The second-order valence-electron chi connectivity index (χ2n) is 10.2. The standard InChI is InChI=1S/C25H41NO2/c1-18(10-8-11-20(3)26-28-21(4)27)12-14-22-19(2)13-15-23-24(5,6)16-9-17-25(22,23)7/h10,13,22-23H,8-9,11-12,14-17H2,1-7H3. The Balaban J connectivity index is 1.95. The van der Waals surface area contributed by atoms with Crippen molar-refractivity contribution in [2.24, 2.45) is 27.8 Å². The molecule has 0 radical (unpaired) electrons. The second-order valence-corrected chi connectivity index (χ2v) is 10.2. The van der Waals surface area contributed by atoms with Crippen molar-refractivity contribution >= 4 is 11.7 Å². The molecule has 0 aliphatic heterocycles. The quantitative estimate of drug-likeness (QED) is 0.200. The zero-order valence-corrected chi connectivity index (χ0v) is 19.2. The lowest BCUT2D eigenvalue weighted by Crippen LogP contribution is -2.48. The van der Waals surface area contributed by atoms with Crippen LogP contribution in [-0.2, 0) is 9.63 Å². The van der Waals surface area contributed by atoms with Gasteiger partial charge in [0.05, 0.1) is 5.71 Å². The first kappa shape index (κ1) is 22.9. The van der Waals surface area contributed by atoms with Crippen molar-refractivity contribution in [1.82, 2.24) is 0 Å². The first-order valence-electron chi connectivity index (χ1n) is 11.1. The van der Waals surface area contributed by atoms with Gasteiger partial charge in [-0.1, -0.05) is 55.6 Å². The Kier molecular flexibility index (Phi) is 7.70. The summed E-state index contributed by atoms with van der Waals surface area (Å²) in [6.07, 6.45) is 14.5. The molecule has 0 aromatic rings. The highest BCUT2D eigenvalue weighted by atomic mass is 16.7. The number of oxime groups is 1. The summed E-state index contributed by atoms with van der Waals surface area (Å²) in [6, 6.07) is 0. The lowest BCUT2D eigenvalue weighted by Gasteiger charge is -2.57. The van der Waals surface area contributed by atoms with E-state index in [4.69, 9.17) is 4.84 Å². The van der Waals surface area contributed by atoms with Crippen LogP contribution in [0.3, 0.4) is 0 Å². The van der Waals surface area contributed by atoms with Gasteiger partial charge in [0, 0.05) is 6.92 Å². The predicted octanol–water partition coefficient (Wildman–Crippen LogP) is 7.23. The third-order valence-electron chi connectivity index (χ3n) is 7.45. The van der Waals surface area contributed by atoms with E-state index in [2.05, 4.69) is 51.9 Å². The number of carbonyl (C=O) groups excluding carboxylic acids is 1. The molecule has 0 heterocycles. The Morgan fingerprint density at radius 3 is 2.61 bits per heavy atom. The summed E-state index contributed by atoms with van der Waals surface area (Å²) in [4.78, 5) is 15.5. The fourth-order valence-corrected chi connectivity index (χ4v) is 5.88. The molecule has 0 N–H and O–H groups in total. The molecule has 0 aromatic carbocycles. The maximum absolute atomic E-state index is 10.8. The van der Waals surface area contributed by atoms with Gasteiger partial charge in [-0.15, -0.1) is 0 Å². The number of allylic oxidation sites excluding steroid dienone is 4. The van der Waals surface area contributed by atoms with E-state index in [1.807, 2.05) is 6.92 Å². The smallest absolute Gasteiger partial charge is 0.319 e. The van der Waals surface area contributed by atoms with E-state index in [-0.39, 0.29) is 5.97 Å². The molecule has 1 saturated carbocycles. The lowest BCUT2D eigenvalue weighted by molar-refractivity contribution is -0.140. The molecule has 0 spiro atoms. The van der Waals surface area contributed by atoms with Gasteiger partial charge in [0.2, 0.25) is 0 Å². The van der Waals surface area contributed by atoms with Crippen LogP contribution in [0.4, 0.5) is 0 Å². The minimum absolute atomic E-state index is 0.361. The van der Waals surface area contributed by atoms with Gasteiger partial charge >= 0.3 is 5.97 Å². The predicted molar refractivity (Wildman–Crippen MR) is 118 cm³/mol. The largest absolute Gasteiger partial charge is 0.331 e. The average Bonchev–Trinajstić information content (AvgIpc) is 2.58. The fraction of sp³-hybridized carbons (Fsp3) is 0.760. The van der Waals surface area contributed by atoms with Crippen LogP contribution in [0.25, 0.3) is 0 Å². The Bertz CT molecular complexity index is 655. The number of carbonyl (C=O) groups is 1. The van der Waals surface area contributed by atoms with Crippen molar-refractivity contribution in [3.05, 3.63) is 23.3 Å². The molecule has 28 heavy (non-hydrogen) atoms. The van der Waals surface area contributed by atoms with E-state index in [0.717, 1.165) is 24.5 Å². The molecule has 2 aliphatic rings. The summed E-state index contributed by atoms with van der Waals surface area (Å²) in [7, 11) is 0. The molecule has 3 nitrogen and oxygen atoms in total. The molecule has 0 aromatic heterocycles. The van der Waals surface area contributed by atoms with E-state index >= 15 is 0 Å². The summed E-state index contributed by atoms with van der Waals surface area (Å²) >= 11 is 0. The van der Waals surface area contributed by atoms with Crippen LogP contribution < -0.4 is 0 Å². The van der Waals surface area contributed by atoms with Crippen LogP contribution in [-0.4, -0.2) is 11.7 Å². The molecule has 158 valence electrons. The number of fused-ring (bicyclic) bond motifs is 1. The van der Waals surface area contributed by atoms with E-state index in [9.17, 15) is 4.79 Å². The minimum atomic E-state index is -0.361. The van der Waals surface area contributed by atoms with Gasteiger partial charge in [-0.05, 0) is 88.4 Å². The van der Waals surface area contributed by atoms with E-state index in [0.29, 0.717) is 16.7 Å². The van der Waals surface area contributed by atoms with Crippen LogP contribution in [0, 0.1) is 22.7 Å². The monoisotopic (exact) mass is 387 g/mol. The van der Waals surface area contributed by atoms with Crippen molar-refractivity contribution < 1.29 is 9.63 Å². The van der Waals surface area contributed by atoms with Crippen molar-refractivity contribution in [2.45, 2.75) is 99.8 Å². The SMILES string of the molecule is CC(=O)ON=C(C)CCC=C(C)CCC1C(C)=CCC2C(C)(C)CCCC12C. The third-order valence-corrected chi connectivity index (χ3v) is 7.45. The molecule has 0 bridgehead atoms. The Morgan fingerprint density at radius 1 is 1.21 bits per heavy atom. The van der Waals surface area contributed by atoms with Crippen LogP contribution in [0.5, 0.6) is 0 Å². The highest BCUT2D eigenvalue weighted by molar-refractivity contribution is 5.82. The van der Waals surface area contributed by atoms with Gasteiger partial charge in [-0.25, -0.2) is 4.79 Å². The highest BCUT2D eigenvalue weighted by Gasteiger charge is 2.51. The van der Waals surface area contributed by atoms with Gasteiger partial charge in [0.15, 0.2) is 0 Å². The maximum Gasteiger partial charge on any atom is 0.331 e. The molecule has 2 aliphatic carbocycles. The molecule has 0 saturated heterocycles. The van der Waals surface area contributed by atoms with Crippen molar-refractivity contribution in [3.8, 4) is 0 Å². The minimum Gasteiger partial charge on any atom is -0.319 e. The number of hydrogen-bond acceptors (Lipinski definition) is 3. The maximum atomic E-state index is 10.8. The Hall–Kier alpha value is -1.38. The van der Waals surface area contributed by atoms with Crippen LogP contribution >= 0.6 is 0 Å². The molecule has 3 heteroatoms. The number of nitrogens with zero attached hydrogens (tertiary/aromatic N) is 1. The summed E-state index contributed by atoms with van der Waals surface area (Å²) < 4.78 is 0. The topological polar surface area (TPSA) is 38.7 Å². The molecule has 1 fully saturated rings. The third kappa shape index (κ3) is 5.58. The molecular formula is C25H41NO2. The summed E-state index contributed by atoms with van der Waals surface area (Å²) in [6.45, 7) is 15.5. The highest BCUT2D eigenvalue weighted by Crippen LogP contribution is 2.60. The summed E-state index contributed by atoms with van der Waals surface area (Å²) in [5.41, 5.74) is 4.87. The van der Waals surface area contributed by atoms with E-state index in [1.54, 1.807) is 5.57 Å². The van der Waals surface area contributed by atoms with E-state index in [1.165, 1.54) is 51.0 Å². The Labute approximate surface area is 172 Å². The zero-order chi connectivity index (χ0) is 20.9. The van der Waals surface area contributed by atoms with Crippen LogP contribution in [0.15, 0.2) is 28.5 Å². The van der Waals surface area contributed by atoms with Crippen molar-refractivity contribution in [2.75, 3.05) is 0 Å². The second kappa shape index (κ2) is 9.41. The first-order valence-corrected chi connectivity index (χ1v) is 11.1. The van der Waals surface area contributed by atoms with Crippen LogP contribution in [0.2, 0.25) is 0 Å². The first-order chi connectivity index (χ1) is 13.1. The fourth-order valence-electron chi connectivity index (χ4n) is 5.88. The normalized spacial score (nSPS) is 30.5. The van der Waals surface area contributed by atoms with Gasteiger partial charge in [-0.3, -0.25) is 0 Å². The lowest BCUT2D eigenvalue weighted by atomic mass is 9.48. The molecular weight excluding hydrogens is 346 g/mol. The summed E-state index contributed by atoms with van der Waals surface area (Å²) in [5.74, 6) is 1.16. The van der Waals surface area contributed by atoms with Gasteiger partial charge in [0.1, 0.15) is 0 Å². The van der Waals surface area contributed by atoms with E-state index < -0.39 is 0 Å². The molecule has 0 amide bonds. The zero-order valence-electron chi connectivity index (χ0n) is 19.2. The number of rotatable bonds is 7. The molecule has 2 rings (SSSR count). The summed E-state index contributed by atoms with van der Waals surface area (Å²) in [5, 5.41) is 3.85. The van der Waals surface area contributed by atoms with Gasteiger partial charge in [0.25, 0.3) is 0 Å². The van der Waals surface area contributed by atoms with Gasteiger partial charge in [-0.2, -0.15) is 0 Å². The molecule has 3 unspecified atom stereocenters. The van der Waals surface area contributed by atoms with Crippen molar-refractivity contribution in [1.29, 1.82) is 0 Å². The van der Waals surface area contributed by atoms with Crippen LogP contribution in [0.1, 0.15) is 99.8 Å². The van der Waals surface area contributed by atoms with Gasteiger partial charge < -0.3 is 4.84 Å². The van der Waals surface area contributed by atoms with Crippen molar-refractivity contribution in [3.63, 3.8) is 0 Å². The Morgan fingerprint density at radius 2 is 1.93 bits per heavy atom. The number of hydrogen-bond donors (Lipinski definition) is 0.